The van der Waals surface area contributed by atoms with Crippen molar-refractivity contribution in [1.82, 2.24) is 44.5 Å². The number of amides is 1. The van der Waals surface area contributed by atoms with Crippen LogP contribution in [0.15, 0.2) is 47.2 Å². The minimum Gasteiger partial charge on any atom is -0.461 e. The zero-order valence-electron chi connectivity index (χ0n) is 24.2. The van der Waals surface area contributed by atoms with E-state index in [0.29, 0.717) is 73.5 Å². The number of nitrogens with zero attached hydrogens (tertiary/aromatic N) is 9. The van der Waals surface area contributed by atoms with Crippen LogP contribution in [-0.4, -0.2) is 117 Å². The third-order valence-electron chi connectivity index (χ3n) is 8.21. The fourth-order valence-corrected chi connectivity index (χ4v) is 5.74. The van der Waals surface area contributed by atoms with Crippen LogP contribution in [-0.2, 0) is 11.3 Å². The number of fused-ring (bicyclic) bond motifs is 3. The summed E-state index contributed by atoms with van der Waals surface area (Å²) in [6.07, 6.45) is 3.30. The first-order valence-corrected chi connectivity index (χ1v) is 14.8. The van der Waals surface area contributed by atoms with Crippen LogP contribution in [0.4, 0.5) is 16.0 Å². The molecule has 0 unspecified atom stereocenters. The fourth-order valence-electron chi connectivity index (χ4n) is 5.74. The van der Waals surface area contributed by atoms with Gasteiger partial charge in [0.2, 0.25) is 11.8 Å². The summed E-state index contributed by atoms with van der Waals surface area (Å²) in [6, 6.07) is 8.29. The van der Waals surface area contributed by atoms with Gasteiger partial charge in [-0.2, -0.15) is 14.6 Å². The number of anilines is 2. The Morgan fingerprint density at radius 1 is 0.977 bits per heavy atom. The van der Waals surface area contributed by atoms with E-state index in [1.54, 1.807) is 36.7 Å². The summed E-state index contributed by atoms with van der Waals surface area (Å²) in [6.45, 7) is 8.63. The molecule has 6 heterocycles. The van der Waals surface area contributed by atoms with Gasteiger partial charge in [-0.05, 0) is 30.3 Å². The number of benzene rings is 1. The Morgan fingerprint density at radius 3 is 2.57 bits per heavy atom. The molecule has 0 aliphatic carbocycles. The number of furan rings is 1. The number of rotatable bonds is 9. The Balaban J connectivity index is 0.933. The Labute approximate surface area is 252 Å². The van der Waals surface area contributed by atoms with Crippen molar-refractivity contribution in [3.05, 3.63) is 54.2 Å². The fraction of sp³-hybridized carbons (Fsp3) is 0.414. The van der Waals surface area contributed by atoms with Gasteiger partial charge in [-0.15, -0.1) is 5.10 Å². The van der Waals surface area contributed by atoms with Gasteiger partial charge in [0.1, 0.15) is 5.82 Å². The van der Waals surface area contributed by atoms with E-state index in [1.165, 1.54) is 10.6 Å². The molecule has 1 amide bonds. The number of nitrogens with two attached hydrogens (primary N) is 1. The molecule has 2 aliphatic heterocycles. The van der Waals surface area contributed by atoms with Crippen LogP contribution in [0.2, 0.25) is 0 Å². The van der Waals surface area contributed by atoms with E-state index in [4.69, 9.17) is 14.9 Å². The quantitative estimate of drug-likeness (QED) is 0.251. The van der Waals surface area contributed by atoms with Gasteiger partial charge in [0, 0.05) is 64.5 Å². The summed E-state index contributed by atoms with van der Waals surface area (Å²) in [5.41, 5.74) is 8.26. The Morgan fingerprint density at radius 2 is 1.80 bits per heavy atom. The molecule has 14 nitrogen and oxygen atoms in total. The number of hydrogen-bond donors (Lipinski definition) is 2. The number of halogens is 1. The Bertz CT molecular complexity index is 1760. The second-order valence-corrected chi connectivity index (χ2v) is 10.9. The maximum atomic E-state index is 15.1. The first-order valence-electron chi connectivity index (χ1n) is 14.8. The van der Waals surface area contributed by atoms with E-state index in [-0.39, 0.29) is 17.7 Å². The van der Waals surface area contributed by atoms with Crippen LogP contribution in [0.1, 0.15) is 10.4 Å². The highest BCUT2D eigenvalue weighted by molar-refractivity contribution is 5.94. The molecule has 0 atom stereocenters. The average molecular weight is 604 g/mol. The van der Waals surface area contributed by atoms with Gasteiger partial charge in [0.25, 0.3) is 5.91 Å². The van der Waals surface area contributed by atoms with Crippen molar-refractivity contribution in [3.63, 3.8) is 0 Å². The zero-order valence-corrected chi connectivity index (χ0v) is 24.2. The lowest BCUT2D eigenvalue weighted by Gasteiger charge is -2.36. The van der Waals surface area contributed by atoms with Crippen molar-refractivity contribution in [2.45, 2.75) is 6.54 Å². The number of nitrogens with one attached hydrogen (secondary N) is 1. The maximum absolute atomic E-state index is 15.1. The number of aromatic nitrogens is 6. The largest absolute Gasteiger partial charge is 0.461 e. The summed E-state index contributed by atoms with van der Waals surface area (Å²) < 4.78 is 29.2. The first-order chi connectivity index (χ1) is 21.5. The Kier molecular flexibility index (Phi) is 7.80. The molecule has 7 rings (SSSR count). The lowest BCUT2D eigenvalue weighted by Crippen LogP contribution is -2.47. The van der Waals surface area contributed by atoms with E-state index in [2.05, 4.69) is 35.3 Å². The van der Waals surface area contributed by atoms with Crippen LogP contribution >= 0.6 is 0 Å². The van der Waals surface area contributed by atoms with E-state index in [0.717, 1.165) is 44.7 Å². The highest BCUT2D eigenvalue weighted by atomic mass is 19.1. The standard InChI is InChI=1S/C29H34FN11O3/c30-22-18-20(28(42)32-5-6-37-13-16-43-17-14-37)3-4-23(22)39-10-7-38(8-11-39)9-12-40-26-21(19-33-40)27-34-25(24-2-1-15-44-24)36-41(27)29(31)35-26/h1-4,15,18-19H,5-14,16-17H2,(H2,31,35)(H,32,42). The van der Waals surface area contributed by atoms with E-state index in [9.17, 15) is 4.79 Å². The zero-order chi connectivity index (χ0) is 30.0. The molecular weight excluding hydrogens is 569 g/mol. The van der Waals surface area contributed by atoms with E-state index >= 15 is 4.39 Å². The second kappa shape index (κ2) is 12.2. The molecule has 15 heteroatoms. The normalized spacial score (nSPS) is 16.7. The lowest BCUT2D eigenvalue weighted by atomic mass is 10.1. The number of hydrogen-bond acceptors (Lipinski definition) is 11. The number of ether oxygens (including phenoxy) is 1. The topological polar surface area (TPSA) is 148 Å². The summed E-state index contributed by atoms with van der Waals surface area (Å²) >= 11 is 0. The monoisotopic (exact) mass is 603 g/mol. The second-order valence-electron chi connectivity index (χ2n) is 10.9. The minimum atomic E-state index is -0.388. The van der Waals surface area contributed by atoms with Gasteiger partial charge >= 0.3 is 0 Å². The summed E-state index contributed by atoms with van der Waals surface area (Å²) in [7, 11) is 0. The minimum absolute atomic E-state index is 0.215. The average Bonchev–Trinajstić information content (AvgIpc) is 3.81. The molecule has 2 saturated heterocycles. The summed E-state index contributed by atoms with van der Waals surface area (Å²) in [4.78, 5) is 28.3. The number of piperazine rings is 1. The molecule has 44 heavy (non-hydrogen) atoms. The number of morpholine rings is 1. The van der Waals surface area contributed by atoms with Crippen LogP contribution in [0.5, 0.6) is 0 Å². The van der Waals surface area contributed by atoms with Crippen molar-refractivity contribution in [2.75, 3.05) is 82.8 Å². The predicted octanol–water partition coefficient (Wildman–Crippen LogP) is 1.34. The van der Waals surface area contributed by atoms with Gasteiger partial charge in [-0.1, -0.05) is 0 Å². The Hall–Kier alpha value is -4.60. The van der Waals surface area contributed by atoms with Gasteiger partial charge < -0.3 is 25.1 Å². The van der Waals surface area contributed by atoms with E-state index in [1.807, 2.05) is 9.58 Å². The van der Waals surface area contributed by atoms with Crippen molar-refractivity contribution in [1.29, 1.82) is 0 Å². The molecule has 0 saturated carbocycles. The van der Waals surface area contributed by atoms with Crippen molar-refractivity contribution >= 4 is 34.2 Å². The van der Waals surface area contributed by atoms with Gasteiger partial charge in [0.15, 0.2) is 17.1 Å². The SMILES string of the molecule is Nc1nc2c(cnn2CCN2CCN(c3ccc(C(=O)NCCN4CCOCC4)cc3F)CC2)c2nc(-c3ccco3)nn12. The molecule has 1 aromatic carbocycles. The molecule has 0 bridgehead atoms. The van der Waals surface area contributed by atoms with Gasteiger partial charge in [0.05, 0.1) is 43.3 Å². The molecule has 3 N–H and O–H groups in total. The molecule has 5 aromatic rings. The van der Waals surface area contributed by atoms with Crippen molar-refractivity contribution in [2.24, 2.45) is 0 Å². The van der Waals surface area contributed by atoms with Crippen molar-refractivity contribution in [3.8, 4) is 11.6 Å². The molecular formula is C29H34FN11O3. The molecule has 0 spiro atoms. The highest BCUT2D eigenvalue weighted by Gasteiger charge is 2.22. The maximum Gasteiger partial charge on any atom is 0.251 e. The van der Waals surface area contributed by atoms with E-state index < -0.39 is 0 Å². The third-order valence-corrected chi connectivity index (χ3v) is 8.21. The van der Waals surface area contributed by atoms with Crippen LogP contribution < -0.4 is 16.0 Å². The lowest BCUT2D eigenvalue weighted by molar-refractivity contribution is 0.0383. The number of carbonyl (C=O) groups excluding carboxylic acids is 1. The molecule has 230 valence electrons. The number of nitrogen functional groups attached to an aromatic ring is 1. The molecule has 0 radical (unpaired) electrons. The predicted molar refractivity (Wildman–Crippen MR) is 161 cm³/mol. The van der Waals surface area contributed by atoms with Gasteiger partial charge in [-0.25, -0.2) is 14.1 Å². The van der Waals surface area contributed by atoms with Crippen molar-refractivity contribution < 1.29 is 18.3 Å². The van der Waals surface area contributed by atoms with Crippen LogP contribution in [0.3, 0.4) is 0 Å². The highest BCUT2D eigenvalue weighted by Crippen LogP contribution is 2.24. The third kappa shape index (κ3) is 5.68. The molecule has 2 fully saturated rings. The molecule has 4 aromatic heterocycles. The summed E-state index contributed by atoms with van der Waals surface area (Å²) in [5, 5.41) is 12.6. The summed E-state index contributed by atoms with van der Waals surface area (Å²) in [5.74, 6) is 0.533. The molecule has 2 aliphatic rings. The van der Waals surface area contributed by atoms with Crippen LogP contribution in [0, 0.1) is 5.82 Å². The van der Waals surface area contributed by atoms with Crippen LogP contribution in [0.25, 0.3) is 28.3 Å². The first kappa shape index (κ1) is 28.2. The number of carbonyl (C=O) groups is 1. The smallest absolute Gasteiger partial charge is 0.251 e. The van der Waals surface area contributed by atoms with Gasteiger partial charge in [-0.3, -0.25) is 14.6 Å².